The molecule has 0 aliphatic carbocycles. The van der Waals surface area contributed by atoms with E-state index in [4.69, 9.17) is 32.4 Å². The summed E-state index contributed by atoms with van der Waals surface area (Å²) in [6, 6.07) is 15.2. The fourth-order valence-corrected chi connectivity index (χ4v) is 3.41. The van der Waals surface area contributed by atoms with E-state index in [1.807, 2.05) is 0 Å². The van der Waals surface area contributed by atoms with Gasteiger partial charge in [0.2, 0.25) is 0 Å². The second-order valence-electron chi connectivity index (χ2n) is 6.72. The topological polar surface area (TPSA) is 71.8 Å². The Morgan fingerprint density at radius 2 is 1.67 bits per heavy atom. The van der Waals surface area contributed by atoms with Crippen molar-refractivity contribution in [3.05, 3.63) is 76.0 Å². The molecular weight excluding hydrogens is 427 g/mol. The average Bonchev–Trinajstić information content (AvgIpc) is 3.26. The molecule has 1 aliphatic heterocycles. The lowest BCUT2D eigenvalue weighted by Gasteiger charge is -2.27. The average molecular weight is 445 g/mol. The van der Waals surface area contributed by atoms with Crippen molar-refractivity contribution in [3.8, 4) is 11.3 Å². The minimum Gasteiger partial charge on any atom is -0.451 e. The monoisotopic (exact) mass is 444 g/mol. The van der Waals surface area contributed by atoms with E-state index in [-0.39, 0.29) is 11.7 Å². The number of nitrogens with one attached hydrogen (secondary N) is 1. The molecule has 1 fully saturated rings. The van der Waals surface area contributed by atoms with Crippen LogP contribution < -0.4 is 5.32 Å². The number of morpholine rings is 1. The maximum Gasteiger partial charge on any atom is 0.291 e. The molecule has 1 N–H and O–H groups in total. The van der Waals surface area contributed by atoms with Gasteiger partial charge in [-0.15, -0.1) is 0 Å². The third-order valence-electron chi connectivity index (χ3n) is 4.72. The van der Waals surface area contributed by atoms with E-state index in [1.165, 1.54) is 0 Å². The molecule has 2 heterocycles. The Kier molecular flexibility index (Phi) is 6.08. The molecule has 6 nitrogen and oxygen atoms in total. The zero-order valence-corrected chi connectivity index (χ0v) is 17.4. The standard InChI is InChI=1S/C22H18Cl2N2O4/c23-16-4-1-14(2-5-16)19-7-8-20(30-19)21(27)25-18-13-15(3-6-17(18)24)22(28)26-9-11-29-12-10-26/h1-8,13H,9-12H2,(H,25,27). The first-order chi connectivity index (χ1) is 14.5. The summed E-state index contributed by atoms with van der Waals surface area (Å²) in [7, 11) is 0. The van der Waals surface area contributed by atoms with Crippen LogP contribution in [0.5, 0.6) is 0 Å². The second kappa shape index (κ2) is 8.92. The highest BCUT2D eigenvalue weighted by molar-refractivity contribution is 6.34. The highest BCUT2D eigenvalue weighted by Gasteiger charge is 2.20. The number of carbonyl (C=O) groups is 2. The summed E-state index contributed by atoms with van der Waals surface area (Å²) in [4.78, 5) is 27.1. The Bertz CT molecular complexity index is 1070. The normalized spacial score (nSPS) is 13.9. The van der Waals surface area contributed by atoms with Gasteiger partial charge >= 0.3 is 0 Å². The number of amides is 2. The largest absolute Gasteiger partial charge is 0.451 e. The van der Waals surface area contributed by atoms with Gasteiger partial charge in [0.05, 0.1) is 23.9 Å². The summed E-state index contributed by atoms with van der Waals surface area (Å²) in [5.41, 5.74) is 1.58. The van der Waals surface area contributed by atoms with Crippen molar-refractivity contribution < 1.29 is 18.7 Å². The molecule has 0 radical (unpaired) electrons. The lowest BCUT2D eigenvalue weighted by Crippen LogP contribution is -2.40. The highest BCUT2D eigenvalue weighted by atomic mass is 35.5. The van der Waals surface area contributed by atoms with Crippen molar-refractivity contribution >= 4 is 40.7 Å². The molecule has 2 amide bonds. The van der Waals surface area contributed by atoms with Crippen LogP contribution in [0.25, 0.3) is 11.3 Å². The number of benzene rings is 2. The molecule has 1 saturated heterocycles. The quantitative estimate of drug-likeness (QED) is 0.615. The molecular formula is C22H18Cl2N2O4. The van der Waals surface area contributed by atoms with Crippen molar-refractivity contribution in [3.63, 3.8) is 0 Å². The Labute approximate surface area is 183 Å². The van der Waals surface area contributed by atoms with Crippen LogP contribution in [0, 0.1) is 0 Å². The summed E-state index contributed by atoms with van der Waals surface area (Å²) in [6.45, 7) is 2.08. The predicted octanol–water partition coefficient (Wildman–Crippen LogP) is 4.98. The number of halogens is 2. The van der Waals surface area contributed by atoms with Crippen LogP contribution in [0.4, 0.5) is 5.69 Å². The molecule has 0 saturated carbocycles. The van der Waals surface area contributed by atoms with E-state index in [1.54, 1.807) is 59.5 Å². The Balaban J connectivity index is 1.50. The van der Waals surface area contributed by atoms with Crippen LogP contribution in [-0.4, -0.2) is 43.0 Å². The number of anilines is 1. The lowest BCUT2D eigenvalue weighted by atomic mass is 10.1. The second-order valence-corrected chi connectivity index (χ2v) is 7.57. The van der Waals surface area contributed by atoms with Gasteiger partial charge in [-0.1, -0.05) is 23.2 Å². The summed E-state index contributed by atoms with van der Waals surface area (Å²) >= 11 is 12.1. The van der Waals surface area contributed by atoms with E-state index in [2.05, 4.69) is 5.32 Å². The van der Waals surface area contributed by atoms with Gasteiger partial charge < -0.3 is 19.4 Å². The minimum absolute atomic E-state index is 0.126. The van der Waals surface area contributed by atoms with Crippen LogP contribution >= 0.6 is 23.2 Å². The fourth-order valence-electron chi connectivity index (χ4n) is 3.12. The van der Waals surface area contributed by atoms with Gasteiger partial charge in [-0.25, -0.2) is 0 Å². The van der Waals surface area contributed by atoms with Gasteiger partial charge in [0, 0.05) is 29.2 Å². The molecule has 2 aromatic carbocycles. The number of furan rings is 1. The first-order valence-corrected chi connectivity index (χ1v) is 10.1. The van der Waals surface area contributed by atoms with Crippen LogP contribution in [0.2, 0.25) is 10.0 Å². The van der Waals surface area contributed by atoms with Gasteiger partial charge in [-0.3, -0.25) is 9.59 Å². The molecule has 8 heteroatoms. The maximum absolute atomic E-state index is 12.7. The van der Waals surface area contributed by atoms with Crippen LogP contribution in [0.3, 0.4) is 0 Å². The molecule has 0 bridgehead atoms. The van der Waals surface area contributed by atoms with Crippen molar-refractivity contribution in [2.45, 2.75) is 0 Å². The molecule has 0 unspecified atom stereocenters. The van der Waals surface area contributed by atoms with Gasteiger partial charge in [-0.2, -0.15) is 0 Å². The van der Waals surface area contributed by atoms with Crippen molar-refractivity contribution in [2.75, 3.05) is 31.6 Å². The Morgan fingerprint density at radius 3 is 2.40 bits per heavy atom. The van der Waals surface area contributed by atoms with Crippen molar-refractivity contribution in [2.24, 2.45) is 0 Å². The molecule has 0 atom stereocenters. The first kappa shape index (κ1) is 20.5. The summed E-state index contributed by atoms with van der Waals surface area (Å²) in [6.07, 6.45) is 0. The van der Waals surface area contributed by atoms with E-state index in [9.17, 15) is 9.59 Å². The van der Waals surface area contributed by atoms with Crippen LogP contribution in [-0.2, 0) is 4.74 Å². The molecule has 154 valence electrons. The molecule has 4 rings (SSSR count). The zero-order chi connectivity index (χ0) is 21.1. The van der Waals surface area contributed by atoms with Gasteiger partial charge in [-0.05, 0) is 54.6 Å². The van der Waals surface area contributed by atoms with E-state index in [0.29, 0.717) is 53.4 Å². The predicted molar refractivity (Wildman–Crippen MR) is 115 cm³/mol. The van der Waals surface area contributed by atoms with Crippen molar-refractivity contribution in [1.82, 2.24) is 4.90 Å². The summed E-state index contributed by atoms with van der Waals surface area (Å²) in [5.74, 6) is 0.0710. The number of rotatable bonds is 4. The van der Waals surface area contributed by atoms with E-state index >= 15 is 0 Å². The SMILES string of the molecule is O=C(Nc1cc(C(=O)N2CCOCC2)ccc1Cl)c1ccc(-c2ccc(Cl)cc2)o1. The molecule has 0 spiro atoms. The van der Waals surface area contributed by atoms with E-state index < -0.39 is 5.91 Å². The number of nitrogens with zero attached hydrogens (tertiary/aromatic N) is 1. The molecule has 1 aliphatic rings. The van der Waals surface area contributed by atoms with Crippen LogP contribution in [0.15, 0.2) is 59.0 Å². The van der Waals surface area contributed by atoms with E-state index in [0.717, 1.165) is 5.56 Å². The molecule has 1 aromatic heterocycles. The Hall–Kier alpha value is -2.80. The minimum atomic E-state index is -0.465. The zero-order valence-electron chi connectivity index (χ0n) is 15.9. The first-order valence-electron chi connectivity index (χ1n) is 9.35. The highest BCUT2D eigenvalue weighted by Crippen LogP contribution is 2.27. The lowest BCUT2D eigenvalue weighted by molar-refractivity contribution is 0.0303. The van der Waals surface area contributed by atoms with Gasteiger partial charge in [0.15, 0.2) is 5.76 Å². The summed E-state index contributed by atoms with van der Waals surface area (Å²) in [5, 5.41) is 3.66. The number of carbonyl (C=O) groups excluding carboxylic acids is 2. The third kappa shape index (κ3) is 4.51. The summed E-state index contributed by atoms with van der Waals surface area (Å²) < 4.78 is 11.0. The number of hydrogen-bond donors (Lipinski definition) is 1. The van der Waals surface area contributed by atoms with Crippen molar-refractivity contribution in [1.29, 1.82) is 0 Å². The number of hydrogen-bond acceptors (Lipinski definition) is 4. The van der Waals surface area contributed by atoms with Crippen LogP contribution in [0.1, 0.15) is 20.9 Å². The molecule has 30 heavy (non-hydrogen) atoms. The maximum atomic E-state index is 12.7. The third-order valence-corrected chi connectivity index (χ3v) is 5.30. The smallest absolute Gasteiger partial charge is 0.291 e. The molecule has 3 aromatic rings. The Morgan fingerprint density at radius 1 is 0.933 bits per heavy atom. The number of ether oxygens (including phenoxy) is 1. The fraction of sp³-hybridized carbons (Fsp3) is 0.182. The van der Waals surface area contributed by atoms with Gasteiger partial charge in [0.25, 0.3) is 11.8 Å². The van der Waals surface area contributed by atoms with Gasteiger partial charge in [0.1, 0.15) is 5.76 Å².